The zero-order chi connectivity index (χ0) is 25.8. The maximum absolute atomic E-state index is 13.6. The largest absolute Gasteiger partial charge is 0.357 e. The molecule has 0 fully saturated rings. The highest BCUT2D eigenvalue weighted by molar-refractivity contribution is 6.04. The molecule has 8 heteroatoms. The molecule has 0 saturated carbocycles. The molecule has 1 unspecified atom stereocenters. The summed E-state index contributed by atoms with van der Waals surface area (Å²) in [4.78, 5) is 31.2. The number of hydrogen-bond donors (Lipinski definition) is 2. The van der Waals surface area contributed by atoms with Crippen LogP contribution in [0.1, 0.15) is 57.6 Å². The van der Waals surface area contributed by atoms with E-state index in [-0.39, 0.29) is 35.8 Å². The zero-order valence-electron chi connectivity index (χ0n) is 20.7. The zero-order valence-corrected chi connectivity index (χ0v) is 20.7. The fraction of sp³-hybridized carbons (Fsp3) is 0.250. The number of anilines is 1. The SMILES string of the molecule is C=C(/C=C\C(F)=C/C)Cn1nc(C(=O)Nc2cccc(C)c2)c2c1C(C)CN(C(=O)c1ccc[nH]1)C2. The lowest BCUT2D eigenvalue weighted by atomic mass is 9.95. The molecule has 0 spiro atoms. The van der Waals surface area contributed by atoms with E-state index in [9.17, 15) is 14.0 Å². The fourth-order valence-electron chi connectivity index (χ4n) is 4.44. The third-order valence-electron chi connectivity index (χ3n) is 6.12. The molecule has 2 amide bonds. The Morgan fingerprint density at radius 3 is 2.78 bits per heavy atom. The molecule has 0 bridgehead atoms. The number of amides is 2. The molecule has 1 aliphatic rings. The highest BCUT2D eigenvalue weighted by Gasteiger charge is 2.34. The van der Waals surface area contributed by atoms with Crippen molar-refractivity contribution in [2.45, 2.75) is 39.8 Å². The van der Waals surface area contributed by atoms with Gasteiger partial charge in [0.15, 0.2) is 5.69 Å². The van der Waals surface area contributed by atoms with Crippen LogP contribution in [-0.4, -0.2) is 38.0 Å². The summed E-state index contributed by atoms with van der Waals surface area (Å²) in [5.74, 6) is -0.920. The molecule has 3 aromatic rings. The van der Waals surface area contributed by atoms with Crippen molar-refractivity contribution in [3.63, 3.8) is 0 Å². The van der Waals surface area contributed by atoms with Gasteiger partial charge in [0.05, 0.1) is 13.1 Å². The number of carbonyl (C=O) groups excluding carboxylic acids is 2. The summed E-state index contributed by atoms with van der Waals surface area (Å²) in [6, 6.07) is 11.0. The van der Waals surface area contributed by atoms with E-state index in [0.29, 0.717) is 35.6 Å². The molecular weight excluding hydrogens is 457 g/mol. The first-order valence-electron chi connectivity index (χ1n) is 11.8. The number of allylic oxidation sites excluding steroid dienone is 5. The van der Waals surface area contributed by atoms with Gasteiger partial charge in [0.2, 0.25) is 0 Å². The summed E-state index contributed by atoms with van der Waals surface area (Å²) in [5.41, 5.74) is 4.66. The number of halogens is 1. The molecule has 1 atom stereocenters. The number of hydrogen-bond acceptors (Lipinski definition) is 3. The second kappa shape index (κ2) is 10.6. The van der Waals surface area contributed by atoms with Crippen LogP contribution in [0.2, 0.25) is 0 Å². The summed E-state index contributed by atoms with van der Waals surface area (Å²) in [7, 11) is 0. The van der Waals surface area contributed by atoms with E-state index in [1.807, 2.05) is 38.1 Å². The molecule has 7 nitrogen and oxygen atoms in total. The number of fused-ring (bicyclic) bond motifs is 1. The van der Waals surface area contributed by atoms with Gasteiger partial charge in [0.25, 0.3) is 11.8 Å². The number of benzene rings is 1. The van der Waals surface area contributed by atoms with Crippen LogP contribution in [0.25, 0.3) is 0 Å². The molecule has 2 N–H and O–H groups in total. The van der Waals surface area contributed by atoms with Crippen molar-refractivity contribution in [2.75, 3.05) is 11.9 Å². The van der Waals surface area contributed by atoms with E-state index in [0.717, 1.165) is 11.3 Å². The lowest BCUT2D eigenvalue weighted by Gasteiger charge is -2.32. The van der Waals surface area contributed by atoms with Gasteiger partial charge in [-0.2, -0.15) is 5.10 Å². The molecule has 0 aliphatic carbocycles. The molecule has 186 valence electrons. The van der Waals surface area contributed by atoms with Crippen molar-refractivity contribution in [1.82, 2.24) is 19.7 Å². The Hall–Kier alpha value is -4.20. The molecule has 3 heterocycles. The number of nitrogens with one attached hydrogen (secondary N) is 2. The lowest BCUT2D eigenvalue weighted by Crippen LogP contribution is -2.38. The maximum Gasteiger partial charge on any atom is 0.276 e. The smallest absolute Gasteiger partial charge is 0.276 e. The molecular formula is C28H30FN5O2. The Morgan fingerprint density at radius 2 is 2.08 bits per heavy atom. The minimum absolute atomic E-state index is 0.0789. The van der Waals surface area contributed by atoms with Gasteiger partial charge in [-0.3, -0.25) is 14.3 Å². The van der Waals surface area contributed by atoms with E-state index in [2.05, 4.69) is 22.0 Å². The summed E-state index contributed by atoms with van der Waals surface area (Å²) in [5, 5.41) is 7.59. The molecule has 0 radical (unpaired) electrons. The second-order valence-electron chi connectivity index (χ2n) is 9.03. The number of aryl methyl sites for hydroxylation is 1. The average Bonchev–Trinajstić information content (AvgIpc) is 3.51. The molecule has 4 rings (SSSR count). The van der Waals surface area contributed by atoms with E-state index in [1.165, 1.54) is 12.2 Å². The Labute approximate surface area is 210 Å². The summed E-state index contributed by atoms with van der Waals surface area (Å²) < 4.78 is 15.3. The highest BCUT2D eigenvalue weighted by Crippen LogP contribution is 2.32. The first-order chi connectivity index (χ1) is 17.3. The quantitative estimate of drug-likeness (QED) is 0.431. The van der Waals surface area contributed by atoms with Gasteiger partial charge in [0.1, 0.15) is 11.5 Å². The van der Waals surface area contributed by atoms with Gasteiger partial charge in [-0.25, -0.2) is 4.39 Å². The van der Waals surface area contributed by atoms with Gasteiger partial charge >= 0.3 is 0 Å². The number of rotatable bonds is 7. The van der Waals surface area contributed by atoms with Crippen LogP contribution in [0.15, 0.2) is 78.8 Å². The topological polar surface area (TPSA) is 83.0 Å². The van der Waals surface area contributed by atoms with Crippen molar-refractivity contribution >= 4 is 17.5 Å². The predicted molar refractivity (Wildman–Crippen MR) is 138 cm³/mol. The predicted octanol–water partition coefficient (Wildman–Crippen LogP) is 5.52. The van der Waals surface area contributed by atoms with Crippen molar-refractivity contribution in [3.05, 3.63) is 107 Å². The fourth-order valence-corrected chi connectivity index (χ4v) is 4.44. The summed E-state index contributed by atoms with van der Waals surface area (Å²) in [6.45, 7) is 10.6. The molecule has 0 saturated heterocycles. The minimum Gasteiger partial charge on any atom is -0.357 e. The standard InChI is InChI=1S/C28H30FN5O2/c1-5-21(29)12-11-19(3)15-34-26-20(4)16-33(28(36)24-10-7-13-30-24)17-23(26)25(32-34)27(35)31-22-9-6-8-18(2)14-22/h5-14,20,30H,3,15-17H2,1-2,4H3,(H,31,35)/b12-11-,21-5+. The van der Waals surface area contributed by atoms with Crippen molar-refractivity contribution in [1.29, 1.82) is 0 Å². The van der Waals surface area contributed by atoms with Gasteiger partial charge in [-0.05, 0) is 55.3 Å². The van der Waals surface area contributed by atoms with Gasteiger partial charge in [-0.15, -0.1) is 0 Å². The first-order valence-corrected chi connectivity index (χ1v) is 11.8. The second-order valence-corrected chi connectivity index (χ2v) is 9.03. The van der Waals surface area contributed by atoms with Crippen LogP contribution in [-0.2, 0) is 13.1 Å². The van der Waals surface area contributed by atoms with E-state index < -0.39 is 0 Å². The van der Waals surface area contributed by atoms with Crippen LogP contribution in [0, 0.1) is 6.92 Å². The average molecular weight is 488 g/mol. The molecule has 2 aromatic heterocycles. The Bertz CT molecular complexity index is 1350. The van der Waals surface area contributed by atoms with Crippen LogP contribution >= 0.6 is 0 Å². The number of carbonyl (C=O) groups is 2. The Kier molecular flexibility index (Phi) is 7.33. The Balaban J connectivity index is 1.69. The van der Waals surface area contributed by atoms with E-state index in [1.54, 1.807) is 40.9 Å². The van der Waals surface area contributed by atoms with Crippen molar-refractivity contribution < 1.29 is 14.0 Å². The number of nitrogens with zero attached hydrogens (tertiary/aromatic N) is 3. The van der Waals surface area contributed by atoms with Crippen LogP contribution in [0.4, 0.5) is 10.1 Å². The molecule has 1 aromatic carbocycles. The van der Waals surface area contributed by atoms with Crippen LogP contribution < -0.4 is 5.32 Å². The summed E-state index contributed by atoms with van der Waals surface area (Å²) >= 11 is 0. The van der Waals surface area contributed by atoms with Crippen LogP contribution in [0.3, 0.4) is 0 Å². The monoisotopic (exact) mass is 487 g/mol. The first kappa shape index (κ1) is 24.9. The molecule has 36 heavy (non-hydrogen) atoms. The maximum atomic E-state index is 13.6. The van der Waals surface area contributed by atoms with Crippen molar-refractivity contribution in [3.8, 4) is 0 Å². The summed E-state index contributed by atoms with van der Waals surface area (Å²) in [6.07, 6.45) is 6.03. The minimum atomic E-state index is -0.358. The number of aromatic nitrogens is 3. The Morgan fingerprint density at radius 1 is 1.28 bits per heavy atom. The van der Waals surface area contributed by atoms with Crippen molar-refractivity contribution in [2.24, 2.45) is 0 Å². The highest BCUT2D eigenvalue weighted by atomic mass is 19.1. The third kappa shape index (κ3) is 5.38. The van der Waals surface area contributed by atoms with E-state index >= 15 is 0 Å². The number of aromatic amines is 1. The third-order valence-corrected chi connectivity index (χ3v) is 6.12. The lowest BCUT2D eigenvalue weighted by molar-refractivity contribution is 0.0711. The van der Waals surface area contributed by atoms with Crippen LogP contribution in [0.5, 0.6) is 0 Å². The molecule has 1 aliphatic heterocycles. The van der Waals surface area contributed by atoms with Gasteiger partial charge in [-0.1, -0.05) is 37.8 Å². The van der Waals surface area contributed by atoms with Gasteiger partial charge in [0, 0.05) is 35.6 Å². The van der Waals surface area contributed by atoms with E-state index in [4.69, 9.17) is 0 Å². The van der Waals surface area contributed by atoms with Gasteiger partial charge < -0.3 is 15.2 Å². The number of H-pyrrole nitrogens is 1. The normalized spacial score (nSPS) is 15.7.